The summed E-state index contributed by atoms with van der Waals surface area (Å²) in [6, 6.07) is 46.1. The zero-order valence-electron chi connectivity index (χ0n) is 26.8. The molecule has 0 atom stereocenters. The number of benzene rings is 6. The molecule has 0 saturated carbocycles. The third kappa shape index (κ3) is 3.88. The van der Waals surface area contributed by atoms with E-state index in [-0.39, 0.29) is 5.41 Å². The predicted octanol–water partition coefficient (Wildman–Crippen LogP) is 10.8. The minimum Gasteiger partial charge on any atom is -0.277 e. The number of nitrogens with zero attached hydrogens (tertiary/aromatic N) is 5. The Labute approximate surface area is 286 Å². The summed E-state index contributed by atoms with van der Waals surface area (Å²) < 4.78 is 4.84. The molecule has 0 aliphatic heterocycles. The molecule has 9 aromatic rings. The van der Waals surface area contributed by atoms with Gasteiger partial charge in [0.1, 0.15) is 0 Å². The van der Waals surface area contributed by atoms with Crippen LogP contribution in [-0.2, 0) is 5.41 Å². The second-order valence-corrected chi connectivity index (χ2v) is 14.2. The summed E-state index contributed by atoms with van der Waals surface area (Å²) in [7, 11) is 0. The average molecular weight is 646 g/mol. The minimum absolute atomic E-state index is 0.231. The summed E-state index contributed by atoms with van der Waals surface area (Å²) in [6.45, 7) is 4.73. The molecule has 0 unspecified atom stereocenters. The van der Waals surface area contributed by atoms with Crippen LogP contribution in [0.25, 0.3) is 81.8 Å². The standard InChI is InChI=1S/C43H27N5S/c1-43(2)31-17-9-6-14-28(31)34-37(43)35-30-16-8-11-19-33(30)49-39(35)36-29-15-7-10-18-32(29)48(38(34)36)42-46-40(26-12-4-3-5-13-26)45-41(47-42)27-22-20-25(24-44)21-23-27/h3-23H,1-2H3. The number of nitriles is 1. The van der Waals surface area contributed by atoms with Crippen LogP contribution in [0, 0.1) is 11.3 Å². The van der Waals surface area contributed by atoms with Crippen LogP contribution in [0.15, 0.2) is 127 Å². The molecule has 230 valence electrons. The fraction of sp³-hybridized carbons (Fsp3) is 0.0698. The Balaban J connectivity index is 1.42. The Morgan fingerprint density at radius 2 is 1.31 bits per heavy atom. The highest BCUT2D eigenvalue weighted by atomic mass is 32.1. The lowest BCUT2D eigenvalue weighted by Crippen LogP contribution is -2.15. The molecule has 0 spiro atoms. The van der Waals surface area contributed by atoms with Crippen molar-refractivity contribution in [1.82, 2.24) is 19.5 Å². The molecule has 0 radical (unpaired) electrons. The normalized spacial score (nSPS) is 13.2. The van der Waals surface area contributed by atoms with Gasteiger partial charge in [-0.1, -0.05) is 105 Å². The van der Waals surface area contributed by atoms with Gasteiger partial charge in [0.15, 0.2) is 11.6 Å². The molecular formula is C43H27N5S. The minimum atomic E-state index is -0.231. The molecule has 0 bridgehead atoms. The molecule has 3 aromatic heterocycles. The molecule has 1 aliphatic rings. The molecule has 0 saturated heterocycles. The van der Waals surface area contributed by atoms with Crippen molar-refractivity contribution in [3.05, 3.63) is 144 Å². The highest BCUT2D eigenvalue weighted by Crippen LogP contribution is 2.58. The third-order valence-corrected chi connectivity index (χ3v) is 11.2. The van der Waals surface area contributed by atoms with E-state index >= 15 is 0 Å². The quantitative estimate of drug-likeness (QED) is 0.192. The van der Waals surface area contributed by atoms with Gasteiger partial charge in [-0.15, -0.1) is 11.3 Å². The van der Waals surface area contributed by atoms with Crippen molar-refractivity contribution >= 4 is 53.3 Å². The van der Waals surface area contributed by atoms with Crippen LogP contribution in [0.4, 0.5) is 0 Å². The first kappa shape index (κ1) is 27.9. The van der Waals surface area contributed by atoms with Crippen molar-refractivity contribution in [2.24, 2.45) is 0 Å². The molecule has 6 aromatic carbocycles. The van der Waals surface area contributed by atoms with Crippen LogP contribution in [0.3, 0.4) is 0 Å². The SMILES string of the molecule is CC1(C)c2ccccc2-c2c1c1c3ccccc3sc1c1c3ccccc3n(-c3nc(-c4ccccc4)nc(-c4ccc(C#N)cc4)n3)c21. The molecule has 49 heavy (non-hydrogen) atoms. The number of aromatic nitrogens is 4. The van der Waals surface area contributed by atoms with Gasteiger partial charge in [-0.25, -0.2) is 4.98 Å². The van der Waals surface area contributed by atoms with Crippen LogP contribution in [-0.4, -0.2) is 19.5 Å². The number of hydrogen-bond acceptors (Lipinski definition) is 5. The fourth-order valence-corrected chi connectivity index (χ4v) is 9.17. The molecule has 10 rings (SSSR count). The fourth-order valence-electron chi connectivity index (χ4n) is 7.90. The predicted molar refractivity (Wildman–Crippen MR) is 200 cm³/mol. The molecule has 5 nitrogen and oxygen atoms in total. The Bertz CT molecular complexity index is 2850. The summed E-state index contributed by atoms with van der Waals surface area (Å²) in [5, 5.41) is 14.5. The van der Waals surface area contributed by atoms with E-state index in [2.05, 4.69) is 97.3 Å². The van der Waals surface area contributed by atoms with Gasteiger partial charge in [-0.3, -0.25) is 4.57 Å². The van der Waals surface area contributed by atoms with Crippen molar-refractivity contribution in [2.45, 2.75) is 19.3 Å². The first-order valence-electron chi connectivity index (χ1n) is 16.4. The van der Waals surface area contributed by atoms with Crippen molar-refractivity contribution in [3.8, 4) is 45.9 Å². The van der Waals surface area contributed by atoms with Crippen molar-refractivity contribution in [3.63, 3.8) is 0 Å². The van der Waals surface area contributed by atoms with E-state index in [4.69, 9.17) is 15.0 Å². The van der Waals surface area contributed by atoms with Gasteiger partial charge in [0.25, 0.3) is 0 Å². The van der Waals surface area contributed by atoms with Gasteiger partial charge in [0.05, 0.1) is 22.7 Å². The van der Waals surface area contributed by atoms with Gasteiger partial charge >= 0.3 is 0 Å². The van der Waals surface area contributed by atoms with E-state index in [0.29, 0.717) is 23.2 Å². The largest absolute Gasteiger partial charge is 0.277 e. The summed E-state index contributed by atoms with van der Waals surface area (Å²) in [4.78, 5) is 15.5. The van der Waals surface area contributed by atoms with Crippen LogP contribution >= 0.6 is 11.3 Å². The van der Waals surface area contributed by atoms with Gasteiger partial charge in [0.2, 0.25) is 5.95 Å². The van der Waals surface area contributed by atoms with Crippen LogP contribution in [0.2, 0.25) is 0 Å². The lowest BCUT2D eigenvalue weighted by molar-refractivity contribution is 0.667. The highest BCUT2D eigenvalue weighted by Gasteiger charge is 2.41. The zero-order valence-corrected chi connectivity index (χ0v) is 27.6. The molecule has 0 amide bonds. The average Bonchev–Trinajstić information content (AvgIpc) is 3.78. The highest BCUT2D eigenvalue weighted by molar-refractivity contribution is 7.26. The lowest BCUT2D eigenvalue weighted by atomic mass is 9.80. The topological polar surface area (TPSA) is 67.4 Å². The van der Waals surface area contributed by atoms with Crippen LogP contribution in [0.1, 0.15) is 30.5 Å². The second kappa shape index (κ2) is 10.2. The van der Waals surface area contributed by atoms with E-state index in [1.165, 1.54) is 53.2 Å². The second-order valence-electron chi connectivity index (χ2n) is 13.1. The van der Waals surface area contributed by atoms with E-state index in [9.17, 15) is 5.26 Å². The maximum Gasteiger partial charge on any atom is 0.238 e. The zero-order chi connectivity index (χ0) is 32.9. The molecule has 3 heterocycles. The van der Waals surface area contributed by atoms with Crippen molar-refractivity contribution in [2.75, 3.05) is 0 Å². The van der Waals surface area contributed by atoms with Gasteiger partial charge in [-0.05, 0) is 53.1 Å². The Kier molecular flexibility index (Phi) is 5.79. The van der Waals surface area contributed by atoms with E-state index in [1.54, 1.807) is 0 Å². The number of rotatable bonds is 3. The summed E-state index contributed by atoms with van der Waals surface area (Å²) >= 11 is 1.87. The van der Waals surface area contributed by atoms with Crippen LogP contribution in [0.5, 0.6) is 0 Å². The van der Waals surface area contributed by atoms with E-state index < -0.39 is 0 Å². The van der Waals surface area contributed by atoms with Gasteiger partial charge in [0, 0.05) is 53.1 Å². The van der Waals surface area contributed by atoms with Crippen LogP contribution < -0.4 is 0 Å². The van der Waals surface area contributed by atoms with Gasteiger partial charge < -0.3 is 0 Å². The Morgan fingerprint density at radius 3 is 2.08 bits per heavy atom. The third-order valence-electron chi connectivity index (χ3n) is 10.1. The number of para-hydroxylation sites is 1. The molecule has 0 N–H and O–H groups in total. The number of thiophene rings is 1. The smallest absolute Gasteiger partial charge is 0.238 e. The first-order chi connectivity index (χ1) is 24.0. The van der Waals surface area contributed by atoms with Crippen molar-refractivity contribution in [1.29, 1.82) is 5.26 Å². The summed E-state index contributed by atoms with van der Waals surface area (Å²) in [5.74, 6) is 1.71. The number of fused-ring (bicyclic) bond motifs is 12. The van der Waals surface area contributed by atoms with Gasteiger partial charge in [-0.2, -0.15) is 15.2 Å². The molecule has 6 heteroatoms. The monoisotopic (exact) mass is 645 g/mol. The number of hydrogen-bond donors (Lipinski definition) is 0. The first-order valence-corrected chi connectivity index (χ1v) is 17.2. The molecule has 0 fully saturated rings. The molecule has 1 aliphatic carbocycles. The van der Waals surface area contributed by atoms with E-state index in [0.717, 1.165) is 22.2 Å². The van der Waals surface area contributed by atoms with Crippen molar-refractivity contribution < 1.29 is 0 Å². The van der Waals surface area contributed by atoms with E-state index in [1.807, 2.05) is 65.9 Å². The summed E-state index contributed by atoms with van der Waals surface area (Å²) in [6.07, 6.45) is 0. The Hall–Kier alpha value is -6.16. The maximum atomic E-state index is 9.47. The maximum absolute atomic E-state index is 9.47. The lowest BCUT2D eigenvalue weighted by Gasteiger charge is -2.23. The molecular weight excluding hydrogens is 619 g/mol. The summed E-state index contributed by atoms with van der Waals surface area (Å²) in [5.41, 5.74) is 9.41. The Morgan fingerprint density at radius 1 is 0.653 bits per heavy atom.